The molecular formula is C15H16F2N2. The van der Waals surface area contributed by atoms with Crippen molar-refractivity contribution >= 4 is 11.4 Å². The maximum atomic E-state index is 13.8. The number of nitrogen functional groups attached to an aromatic ring is 1. The van der Waals surface area contributed by atoms with Gasteiger partial charge >= 0.3 is 0 Å². The number of nitrogens with two attached hydrogens (primary N) is 1. The van der Waals surface area contributed by atoms with Crippen molar-refractivity contribution in [2.75, 3.05) is 11.1 Å². The molecule has 0 saturated carbocycles. The van der Waals surface area contributed by atoms with E-state index in [2.05, 4.69) is 5.32 Å². The Morgan fingerprint density at radius 3 is 2.42 bits per heavy atom. The topological polar surface area (TPSA) is 38.0 Å². The number of halogens is 2. The normalized spacial score (nSPS) is 12.2. The molecule has 0 saturated heterocycles. The molecule has 0 aliphatic heterocycles. The highest BCUT2D eigenvalue weighted by Crippen LogP contribution is 2.30. The molecule has 19 heavy (non-hydrogen) atoms. The molecule has 1 unspecified atom stereocenters. The molecule has 0 amide bonds. The van der Waals surface area contributed by atoms with Crippen LogP contribution in [-0.2, 0) is 0 Å². The van der Waals surface area contributed by atoms with Crippen LogP contribution in [0.1, 0.15) is 24.9 Å². The molecule has 0 fully saturated rings. The second-order valence-corrected chi connectivity index (χ2v) is 4.34. The summed E-state index contributed by atoms with van der Waals surface area (Å²) in [5.41, 5.74) is 6.94. The highest BCUT2D eigenvalue weighted by Gasteiger charge is 2.16. The second kappa shape index (κ2) is 5.69. The fourth-order valence-corrected chi connectivity index (χ4v) is 1.99. The quantitative estimate of drug-likeness (QED) is 0.814. The van der Waals surface area contributed by atoms with E-state index < -0.39 is 11.6 Å². The van der Waals surface area contributed by atoms with Crippen molar-refractivity contribution < 1.29 is 8.78 Å². The van der Waals surface area contributed by atoms with Gasteiger partial charge in [-0.05, 0) is 24.1 Å². The minimum absolute atomic E-state index is 0.0238. The van der Waals surface area contributed by atoms with E-state index in [9.17, 15) is 8.78 Å². The Labute approximate surface area is 111 Å². The number of rotatable bonds is 4. The van der Waals surface area contributed by atoms with Crippen LogP contribution in [0.15, 0.2) is 42.5 Å². The summed E-state index contributed by atoms with van der Waals surface area (Å²) in [5.74, 6) is -1.84. The zero-order valence-corrected chi connectivity index (χ0v) is 10.7. The molecule has 100 valence electrons. The summed E-state index contributed by atoms with van der Waals surface area (Å²) in [4.78, 5) is 0. The summed E-state index contributed by atoms with van der Waals surface area (Å²) in [7, 11) is 0. The first-order valence-corrected chi connectivity index (χ1v) is 6.18. The highest BCUT2D eigenvalue weighted by atomic mass is 19.2. The van der Waals surface area contributed by atoms with Gasteiger partial charge in [0.1, 0.15) is 0 Å². The first-order valence-electron chi connectivity index (χ1n) is 6.18. The van der Waals surface area contributed by atoms with Crippen molar-refractivity contribution in [1.29, 1.82) is 0 Å². The van der Waals surface area contributed by atoms with Crippen molar-refractivity contribution in [3.63, 3.8) is 0 Å². The Hall–Kier alpha value is -2.10. The largest absolute Gasteiger partial charge is 0.397 e. The molecule has 4 heteroatoms. The van der Waals surface area contributed by atoms with Gasteiger partial charge in [-0.3, -0.25) is 0 Å². The van der Waals surface area contributed by atoms with E-state index in [1.807, 2.05) is 37.3 Å². The lowest BCUT2D eigenvalue weighted by atomic mass is 10.0. The van der Waals surface area contributed by atoms with Crippen LogP contribution in [-0.4, -0.2) is 0 Å². The van der Waals surface area contributed by atoms with Gasteiger partial charge in [0.2, 0.25) is 0 Å². The van der Waals surface area contributed by atoms with E-state index in [-0.39, 0.29) is 17.4 Å². The number of hydrogen-bond acceptors (Lipinski definition) is 2. The minimum atomic E-state index is -0.936. The van der Waals surface area contributed by atoms with Gasteiger partial charge in [0, 0.05) is 0 Å². The second-order valence-electron chi connectivity index (χ2n) is 4.34. The SMILES string of the molecule is CCC(Nc1c(N)ccc(F)c1F)c1ccccc1. The molecule has 3 N–H and O–H groups in total. The first-order chi connectivity index (χ1) is 9.13. The van der Waals surface area contributed by atoms with Crippen LogP contribution in [0.4, 0.5) is 20.2 Å². The van der Waals surface area contributed by atoms with E-state index in [1.165, 1.54) is 6.07 Å². The summed E-state index contributed by atoms with van der Waals surface area (Å²) >= 11 is 0. The molecule has 0 aliphatic carbocycles. The molecule has 0 bridgehead atoms. The van der Waals surface area contributed by atoms with Crippen LogP contribution >= 0.6 is 0 Å². The molecule has 0 heterocycles. The standard InChI is InChI=1S/C15H16F2N2/c1-2-13(10-6-4-3-5-7-10)19-15-12(18)9-8-11(16)14(15)17/h3-9,13,19H,2,18H2,1H3. The van der Waals surface area contributed by atoms with E-state index in [0.717, 1.165) is 18.1 Å². The number of anilines is 2. The maximum Gasteiger partial charge on any atom is 0.183 e. The Morgan fingerprint density at radius 1 is 1.11 bits per heavy atom. The highest BCUT2D eigenvalue weighted by molar-refractivity contribution is 5.67. The smallest absolute Gasteiger partial charge is 0.183 e. The van der Waals surface area contributed by atoms with Gasteiger partial charge in [0.05, 0.1) is 17.4 Å². The van der Waals surface area contributed by atoms with Gasteiger partial charge in [-0.25, -0.2) is 8.78 Å². The Bertz CT molecular complexity index is 556. The van der Waals surface area contributed by atoms with Crippen LogP contribution in [0, 0.1) is 11.6 Å². The third kappa shape index (κ3) is 2.84. The average molecular weight is 262 g/mol. The molecule has 0 spiro atoms. The van der Waals surface area contributed by atoms with Crippen LogP contribution in [0.3, 0.4) is 0 Å². The van der Waals surface area contributed by atoms with Crippen LogP contribution in [0.5, 0.6) is 0 Å². The van der Waals surface area contributed by atoms with Crippen molar-refractivity contribution in [3.05, 3.63) is 59.7 Å². The predicted octanol–water partition coefficient (Wildman–Crippen LogP) is 4.11. The van der Waals surface area contributed by atoms with Crippen LogP contribution in [0.2, 0.25) is 0 Å². The zero-order chi connectivity index (χ0) is 13.8. The van der Waals surface area contributed by atoms with Gasteiger partial charge in [0.25, 0.3) is 0 Å². The van der Waals surface area contributed by atoms with Crippen molar-refractivity contribution in [1.82, 2.24) is 0 Å². The lowest BCUT2D eigenvalue weighted by molar-refractivity contribution is 0.510. The van der Waals surface area contributed by atoms with Crippen molar-refractivity contribution in [3.8, 4) is 0 Å². The van der Waals surface area contributed by atoms with Gasteiger partial charge < -0.3 is 11.1 Å². The molecule has 2 nitrogen and oxygen atoms in total. The lowest BCUT2D eigenvalue weighted by Gasteiger charge is -2.20. The fourth-order valence-electron chi connectivity index (χ4n) is 1.99. The van der Waals surface area contributed by atoms with Gasteiger partial charge in [-0.15, -0.1) is 0 Å². The molecule has 2 rings (SSSR count). The third-order valence-electron chi connectivity index (χ3n) is 3.06. The monoisotopic (exact) mass is 262 g/mol. The first kappa shape index (κ1) is 13.3. The zero-order valence-electron chi connectivity index (χ0n) is 10.7. The molecule has 0 radical (unpaired) electrons. The number of hydrogen-bond donors (Lipinski definition) is 2. The summed E-state index contributed by atoms with van der Waals surface area (Å²) < 4.78 is 27.0. The van der Waals surface area contributed by atoms with E-state index in [4.69, 9.17) is 5.73 Å². The molecule has 2 aromatic rings. The summed E-state index contributed by atoms with van der Waals surface area (Å²) in [6, 6.07) is 11.9. The van der Waals surface area contributed by atoms with Crippen LogP contribution < -0.4 is 11.1 Å². The van der Waals surface area contributed by atoms with E-state index in [1.54, 1.807) is 0 Å². The number of benzene rings is 2. The van der Waals surface area contributed by atoms with Gasteiger partial charge in [0.15, 0.2) is 11.6 Å². The van der Waals surface area contributed by atoms with Gasteiger partial charge in [-0.2, -0.15) is 0 Å². The van der Waals surface area contributed by atoms with Crippen molar-refractivity contribution in [2.24, 2.45) is 0 Å². The molecular weight excluding hydrogens is 246 g/mol. The number of nitrogens with one attached hydrogen (secondary N) is 1. The molecule has 0 aromatic heterocycles. The third-order valence-corrected chi connectivity index (χ3v) is 3.06. The summed E-state index contributed by atoms with van der Waals surface area (Å²) in [6.45, 7) is 1.97. The molecule has 0 aliphatic rings. The Balaban J connectivity index is 2.32. The maximum absolute atomic E-state index is 13.8. The lowest BCUT2D eigenvalue weighted by Crippen LogP contribution is -2.13. The Kier molecular flexibility index (Phi) is 4.00. The average Bonchev–Trinajstić information content (AvgIpc) is 2.44. The van der Waals surface area contributed by atoms with Gasteiger partial charge in [-0.1, -0.05) is 37.3 Å². The Morgan fingerprint density at radius 2 is 1.79 bits per heavy atom. The van der Waals surface area contributed by atoms with Crippen molar-refractivity contribution in [2.45, 2.75) is 19.4 Å². The molecule has 2 aromatic carbocycles. The van der Waals surface area contributed by atoms with Crippen LogP contribution in [0.25, 0.3) is 0 Å². The minimum Gasteiger partial charge on any atom is -0.397 e. The fraction of sp³-hybridized carbons (Fsp3) is 0.200. The predicted molar refractivity (Wildman–Crippen MR) is 73.9 cm³/mol. The molecule has 1 atom stereocenters. The summed E-state index contributed by atoms with van der Waals surface area (Å²) in [5, 5.41) is 2.98. The summed E-state index contributed by atoms with van der Waals surface area (Å²) in [6.07, 6.45) is 0.736. The van der Waals surface area contributed by atoms with E-state index in [0.29, 0.717) is 0 Å². The van der Waals surface area contributed by atoms with E-state index >= 15 is 0 Å².